The lowest BCUT2D eigenvalue weighted by Crippen LogP contribution is -2.32. The Hall–Kier alpha value is -1.35. The molecule has 18 heavy (non-hydrogen) atoms. The van der Waals surface area contributed by atoms with Gasteiger partial charge in [0.2, 0.25) is 5.91 Å². The SMILES string of the molecule is CC(NC(=O)C(C)C1CC1)c1ccc(CN)cc1. The zero-order valence-electron chi connectivity index (χ0n) is 11.1. The molecule has 0 spiro atoms. The van der Waals surface area contributed by atoms with Crippen molar-refractivity contribution in [3.05, 3.63) is 35.4 Å². The molecular weight excluding hydrogens is 224 g/mol. The number of carbonyl (C=O) groups excluding carboxylic acids is 1. The van der Waals surface area contributed by atoms with Crippen molar-refractivity contribution in [2.24, 2.45) is 17.6 Å². The van der Waals surface area contributed by atoms with Crippen LogP contribution in [0, 0.1) is 11.8 Å². The van der Waals surface area contributed by atoms with Gasteiger partial charge in [-0.15, -0.1) is 0 Å². The number of hydrogen-bond acceptors (Lipinski definition) is 2. The molecule has 1 aliphatic carbocycles. The third-order valence-corrected chi connectivity index (χ3v) is 3.82. The first-order valence-electron chi connectivity index (χ1n) is 6.71. The van der Waals surface area contributed by atoms with Crippen molar-refractivity contribution in [2.45, 2.75) is 39.3 Å². The van der Waals surface area contributed by atoms with E-state index in [-0.39, 0.29) is 17.9 Å². The standard InChI is InChI=1S/C15H22N2O/c1-10(13-7-8-13)15(18)17-11(2)14-5-3-12(9-16)4-6-14/h3-6,10-11,13H,7-9,16H2,1-2H3,(H,17,18). The highest BCUT2D eigenvalue weighted by atomic mass is 16.1. The minimum absolute atomic E-state index is 0.0607. The molecule has 3 N–H and O–H groups in total. The van der Waals surface area contributed by atoms with E-state index in [2.05, 4.69) is 5.32 Å². The van der Waals surface area contributed by atoms with Crippen LogP contribution in [0.15, 0.2) is 24.3 Å². The van der Waals surface area contributed by atoms with Crippen molar-refractivity contribution < 1.29 is 4.79 Å². The Morgan fingerprint density at radius 2 is 1.94 bits per heavy atom. The summed E-state index contributed by atoms with van der Waals surface area (Å²) >= 11 is 0. The third kappa shape index (κ3) is 3.10. The van der Waals surface area contributed by atoms with Crippen LogP contribution >= 0.6 is 0 Å². The van der Waals surface area contributed by atoms with Gasteiger partial charge in [0.05, 0.1) is 6.04 Å². The van der Waals surface area contributed by atoms with Crippen molar-refractivity contribution in [2.75, 3.05) is 0 Å². The number of benzene rings is 1. The number of rotatable bonds is 5. The highest BCUT2D eigenvalue weighted by Crippen LogP contribution is 2.36. The summed E-state index contributed by atoms with van der Waals surface area (Å²) in [5.41, 5.74) is 7.81. The molecule has 3 nitrogen and oxygen atoms in total. The highest BCUT2D eigenvalue weighted by molar-refractivity contribution is 5.79. The molecule has 1 aromatic carbocycles. The topological polar surface area (TPSA) is 55.1 Å². The van der Waals surface area contributed by atoms with Crippen LogP contribution in [0.5, 0.6) is 0 Å². The molecule has 0 aromatic heterocycles. The molecule has 2 unspecified atom stereocenters. The second-order valence-corrected chi connectivity index (χ2v) is 5.30. The van der Waals surface area contributed by atoms with Crippen molar-refractivity contribution in [1.29, 1.82) is 0 Å². The molecule has 1 aliphatic rings. The van der Waals surface area contributed by atoms with Crippen LogP contribution in [-0.4, -0.2) is 5.91 Å². The van der Waals surface area contributed by atoms with Gasteiger partial charge in [-0.3, -0.25) is 4.79 Å². The summed E-state index contributed by atoms with van der Waals surface area (Å²) in [5.74, 6) is 0.931. The van der Waals surface area contributed by atoms with Crippen LogP contribution in [0.4, 0.5) is 0 Å². The van der Waals surface area contributed by atoms with Gasteiger partial charge in [0.15, 0.2) is 0 Å². The van der Waals surface area contributed by atoms with Crippen molar-refractivity contribution in [3.8, 4) is 0 Å². The average Bonchev–Trinajstić information content (AvgIpc) is 3.22. The smallest absolute Gasteiger partial charge is 0.223 e. The maximum absolute atomic E-state index is 12.0. The van der Waals surface area contributed by atoms with Crippen LogP contribution in [0.25, 0.3) is 0 Å². The van der Waals surface area contributed by atoms with E-state index in [9.17, 15) is 4.79 Å². The molecule has 3 heteroatoms. The first-order valence-corrected chi connectivity index (χ1v) is 6.71. The summed E-state index contributed by atoms with van der Waals surface area (Å²) in [4.78, 5) is 12.0. The molecular formula is C15H22N2O. The monoisotopic (exact) mass is 246 g/mol. The minimum atomic E-state index is 0.0607. The molecule has 0 saturated heterocycles. The quantitative estimate of drug-likeness (QED) is 0.838. The fourth-order valence-corrected chi connectivity index (χ4v) is 2.18. The molecule has 0 bridgehead atoms. The van der Waals surface area contributed by atoms with E-state index in [0.29, 0.717) is 12.5 Å². The van der Waals surface area contributed by atoms with Gasteiger partial charge >= 0.3 is 0 Å². The molecule has 1 amide bonds. The Balaban J connectivity index is 1.93. The first kappa shape index (κ1) is 13.1. The van der Waals surface area contributed by atoms with Crippen molar-refractivity contribution in [3.63, 3.8) is 0 Å². The van der Waals surface area contributed by atoms with Gasteiger partial charge in [0.1, 0.15) is 0 Å². The second-order valence-electron chi connectivity index (χ2n) is 5.30. The normalized spacial score (nSPS) is 18.2. The van der Waals surface area contributed by atoms with Gasteiger partial charge in [0.25, 0.3) is 0 Å². The minimum Gasteiger partial charge on any atom is -0.349 e. The van der Waals surface area contributed by atoms with E-state index in [0.717, 1.165) is 11.1 Å². The lowest BCUT2D eigenvalue weighted by molar-refractivity contribution is -0.125. The lowest BCUT2D eigenvalue weighted by Gasteiger charge is -2.18. The van der Waals surface area contributed by atoms with Gasteiger partial charge in [-0.25, -0.2) is 0 Å². The number of carbonyl (C=O) groups is 1. The largest absolute Gasteiger partial charge is 0.349 e. The first-order chi connectivity index (χ1) is 8.61. The predicted molar refractivity (Wildman–Crippen MR) is 72.8 cm³/mol. The molecule has 1 fully saturated rings. The van der Waals surface area contributed by atoms with E-state index in [1.165, 1.54) is 12.8 Å². The zero-order valence-corrected chi connectivity index (χ0v) is 11.1. The van der Waals surface area contributed by atoms with E-state index in [1.807, 2.05) is 38.1 Å². The maximum atomic E-state index is 12.0. The molecule has 98 valence electrons. The molecule has 1 saturated carbocycles. The summed E-state index contributed by atoms with van der Waals surface area (Å²) in [6.45, 7) is 4.60. The fraction of sp³-hybridized carbons (Fsp3) is 0.533. The number of hydrogen-bond donors (Lipinski definition) is 2. The van der Waals surface area contributed by atoms with E-state index >= 15 is 0 Å². The molecule has 2 atom stereocenters. The maximum Gasteiger partial charge on any atom is 0.223 e. The van der Waals surface area contributed by atoms with Crippen LogP contribution in [0.2, 0.25) is 0 Å². The summed E-state index contributed by atoms with van der Waals surface area (Å²) in [6, 6.07) is 8.17. The third-order valence-electron chi connectivity index (χ3n) is 3.82. The summed E-state index contributed by atoms with van der Waals surface area (Å²) in [5, 5.41) is 3.08. The number of amides is 1. The summed E-state index contributed by atoms with van der Waals surface area (Å²) in [7, 11) is 0. The number of nitrogens with two attached hydrogens (primary N) is 1. The summed E-state index contributed by atoms with van der Waals surface area (Å²) < 4.78 is 0. The van der Waals surface area contributed by atoms with E-state index < -0.39 is 0 Å². The van der Waals surface area contributed by atoms with Gasteiger partial charge in [-0.2, -0.15) is 0 Å². The second kappa shape index (κ2) is 5.53. The average molecular weight is 246 g/mol. The summed E-state index contributed by atoms with van der Waals surface area (Å²) in [6.07, 6.45) is 2.41. The van der Waals surface area contributed by atoms with E-state index in [1.54, 1.807) is 0 Å². The Labute approximate surface area is 109 Å². The van der Waals surface area contributed by atoms with Gasteiger partial charge in [-0.1, -0.05) is 31.2 Å². The van der Waals surface area contributed by atoms with E-state index in [4.69, 9.17) is 5.73 Å². The van der Waals surface area contributed by atoms with Crippen LogP contribution in [0.3, 0.4) is 0 Å². The number of nitrogens with one attached hydrogen (secondary N) is 1. The highest BCUT2D eigenvalue weighted by Gasteiger charge is 2.32. The predicted octanol–water partition coefficient (Wildman–Crippen LogP) is 2.37. The van der Waals surface area contributed by atoms with Crippen LogP contribution in [0.1, 0.15) is 43.9 Å². The Bertz CT molecular complexity index is 409. The van der Waals surface area contributed by atoms with Gasteiger partial charge in [-0.05, 0) is 36.8 Å². The lowest BCUT2D eigenvalue weighted by atomic mass is 10.0. The van der Waals surface area contributed by atoms with Gasteiger partial charge < -0.3 is 11.1 Å². The van der Waals surface area contributed by atoms with Crippen LogP contribution < -0.4 is 11.1 Å². The van der Waals surface area contributed by atoms with Crippen molar-refractivity contribution in [1.82, 2.24) is 5.32 Å². The molecule has 1 aromatic rings. The van der Waals surface area contributed by atoms with Gasteiger partial charge in [0, 0.05) is 12.5 Å². The Morgan fingerprint density at radius 1 is 1.33 bits per heavy atom. The fourth-order valence-electron chi connectivity index (χ4n) is 2.18. The molecule has 2 rings (SSSR count). The van der Waals surface area contributed by atoms with Crippen LogP contribution in [-0.2, 0) is 11.3 Å². The molecule has 0 heterocycles. The molecule has 0 radical (unpaired) electrons. The Kier molecular flexibility index (Phi) is 4.02. The Morgan fingerprint density at radius 3 is 2.44 bits per heavy atom. The zero-order chi connectivity index (χ0) is 13.1. The molecule has 0 aliphatic heterocycles. The van der Waals surface area contributed by atoms with Crippen molar-refractivity contribution >= 4 is 5.91 Å².